The van der Waals surface area contributed by atoms with E-state index in [-0.39, 0.29) is 15.6 Å². The number of aromatic nitrogens is 2. The molecule has 3 aromatic rings. The zero-order valence-corrected chi connectivity index (χ0v) is 21.3. The maximum absolute atomic E-state index is 12.7. The largest absolute Gasteiger partial charge is 0.354 e. The van der Waals surface area contributed by atoms with E-state index in [1.165, 1.54) is 40.7 Å². The minimum absolute atomic E-state index is 0.0459. The molecule has 0 unspecified atom stereocenters. The summed E-state index contributed by atoms with van der Waals surface area (Å²) in [7, 11) is -7.71. The van der Waals surface area contributed by atoms with Gasteiger partial charge in [0, 0.05) is 18.8 Å². The number of hydrogen-bond acceptors (Lipinski definition) is 10. The Kier molecular flexibility index (Phi) is 8.19. The molecule has 0 amide bonds. The average Bonchev–Trinajstić information content (AvgIpc) is 2.84. The van der Waals surface area contributed by atoms with Gasteiger partial charge in [0.2, 0.25) is 21.7 Å². The van der Waals surface area contributed by atoms with Gasteiger partial charge < -0.3 is 5.32 Å². The fourth-order valence-corrected chi connectivity index (χ4v) is 5.49. The van der Waals surface area contributed by atoms with Gasteiger partial charge in [-0.05, 0) is 43.3 Å². The van der Waals surface area contributed by atoms with Crippen LogP contribution in [0.3, 0.4) is 0 Å². The third-order valence-electron chi connectivity index (χ3n) is 5.10. The first-order chi connectivity index (χ1) is 17.0. The van der Waals surface area contributed by atoms with Crippen LogP contribution in [-0.2, 0) is 20.0 Å². The number of nitro groups is 1. The van der Waals surface area contributed by atoms with Gasteiger partial charge in [0.1, 0.15) is 6.33 Å². The predicted molar refractivity (Wildman–Crippen MR) is 134 cm³/mol. The van der Waals surface area contributed by atoms with Crippen LogP contribution in [0.2, 0.25) is 0 Å². The molecule has 15 heteroatoms. The van der Waals surface area contributed by atoms with E-state index in [1.54, 1.807) is 32.9 Å². The van der Waals surface area contributed by atoms with Gasteiger partial charge in [-0.2, -0.15) is 4.31 Å². The highest BCUT2D eigenvalue weighted by Gasteiger charge is 2.26. The van der Waals surface area contributed by atoms with Gasteiger partial charge in [-0.3, -0.25) is 15.5 Å². The molecule has 0 aliphatic heterocycles. The van der Waals surface area contributed by atoms with Gasteiger partial charge >= 0.3 is 5.69 Å². The summed E-state index contributed by atoms with van der Waals surface area (Å²) in [5, 5.41) is 14.5. The normalized spacial score (nSPS) is 11.9. The first-order valence-corrected chi connectivity index (χ1v) is 13.6. The van der Waals surface area contributed by atoms with Crippen LogP contribution in [0.4, 0.5) is 23.0 Å². The van der Waals surface area contributed by atoms with Crippen molar-refractivity contribution in [2.45, 2.75) is 30.6 Å². The summed E-state index contributed by atoms with van der Waals surface area (Å²) >= 11 is 0. The van der Waals surface area contributed by atoms with Crippen molar-refractivity contribution in [1.29, 1.82) is 0 Å². The van der Waals surface area contributed by atoms with Crippen molar-refractivity contribution in [2.24, 2.45) is 0 Å². The van der Waals surface area contributed by atoms with E-state index in [9.17, 15) is 26.9 Å². The maximum Gasteiger partial charge on any atom is 0.354 e. The first-order valence-electron chi connectivity index (χ1n) is 10.7. The van der Waals surface area contributed by atoms with Gasteiger partial charge in [-0.15, -0.1) is 4.83 Å². The second-order valence-electron chi connectivity index (χ2n) is 7.46. The van der Waals surface area contributed by atoms with E-state index >= 15 is 0 Å². The maximum atomic E-state index is 12.7. The van der Waals surface area contributed by atoms with Gasteiger partial charge in [-0.1, -0.05) is 31.5 Å². The summed E-state index contributed by atoms with van der Waals surface area (Å²) in [6.07, 6.45) is 1.01. The molecule has 13 nitrogen and oxygen atoms in total. The Morgan fingerprint density at radius 3 is 2.00 bits per heavy atom. The molecule has 1 aromatic heterocycles. The molecule has 0 saturated carbocycles. The molecular formula is C21H25N7O6S2. The van der Waals surface area contributed by atoms with Crippen molar-refractivity contribution in [3.8, 4) is 0 Å². The van der Waals surface area contributed by atoms with Crippen LogP contribution < -0.4 is 15.6 Å². The van der Waals surface area contributed by atoms with Crippen LogP contribution in [0.25, 0.3) is 0 Å². The van der Waals surface area contributed by atoms with E-state index in [1.807, 2.05) is 0 Å². The zero-order chi connectivity index (χ0) is 26.5. The summed E-state index contributed by atoms with van der Waals surface area (Å²) in [4.78, 5) is 20.8. The summed E-state index contributed by atoms with van der Waals surface area (Å²) in [6, 6.07) is 11.6. The van der Waals surface area contributed by atoms with Crippen LogP contribution in [0.15, 0.2) is 64.6 Å². The Morgan fingerprint density at radius 1 is 0.889 bits per heavy atom. The molecule has 192 valence electrons. The highest BCUT2D eigenvalue weighted by atomic mass is 32.2. The summed E-state index contributed by atoms with van der Waals surface area (Å²) < 4.78 is 51.7. The predicted octanol–water partition coefficient (Wildman–Crippen LogP) is 2.77. The lowest BCUT2D eigenvalue weighted by Crippen LogP contribution is -2.30. The molecule has 0 saturated heterocycles. The van der Waals surface area contributed by atoms with Gasteiger partial charge in [0.05, 0.1) is 14.7 Å². The SMILES string of the molecule is CCN(CC)S(=O)(=O)c1ccc(Nc2ncnc(NNS(=O)(=O)c3ccc(C)cc3)c2[N+](=O)[O-])cc1. The van der Waals surface area contributed by atoms with Crippen LogP contribution in [0.1, 0.15) is 19.4 Å². The smallest absolute Gasteiger partial charge is 0.334 e. The number of nitrogens with one attached hydrogen (secondary N) is 3. The highest BCUT2D eigenvalue weighted by molar-refractivity contribution is 7.89. The van der Waals surface area contributed by atoms with Crippen LogP contribution in [-0.4, -0.2) is 49.1 Å². The molecular weight excluding hydrogens is 510 g/mol. The first kappa shape index (κ1) is 26.9. The lowest BCUT2D eigenvalue weighted by Gasteiger charge is -2.18. The Hall–Kier alpha value is -3.66. The van der Waals surface area contributed by atoms with Crippen molar-refractivity contribution in [3.63, 3.8) is 0 Å². The van der Waals surface area contributed by atoms with E-state index < -0.39 is 36.5 Å². The fourth-order valence-electron chi connectivity index (χ4n) is 3.19. The van der Waals surface area contributed by atoms with E-state index in [0.717, 1.165) is 11.9 Å². The average molecular weight is 536 g/mol. The number of sulfonamides is 2. The molecule has 3 rings (SSSR count). The Bertz CT molecular complexity index is 1440. The summed E-state index contributed by atoms with van der Waals surface area (Å²) in [6.45, 7) is 5.90. The molecule has 0 aliphatic rings. The van der Waals surface area contributed by atoms with Gasteiger partial charge in [-0.25, -0.2) is 26.8 Å². The molecule has 0 atom stereocenters. The topological polar surface area (TPSA) is 177 Å². The number of hydrazine groups is 1. The number of rotatable bonds is 11. The molecule has 1 heterocycles. The fraction of sp³-hybridized carbons (Fsp3) is 0.238. The highest BCUT2D eigenvalue weighted by Crippen LogP contribution is 2.31. The van der Waals surface area contributed by atoms with Crippen molar-refractivity contribution in [3.05, 3.63) is 70.5 Å². The Morgan fingerprint density at radius 2 is 1.44 bits per heavy atom. The van der Waals surface area contributed by atoms with Crippen LogP contribution in [0.5, 0.6) is 0 Å². The summed E-state index contributed by atoms with van der Waals surface area (Å²) in [5.74, 6) is -0.625. The lowest BCUT2D eigenvalue weighted by molar-refractivity contribution is -0.383. The van der Waals surface area contributed by atoms with Crippen molar-refractivity contribution in [1.82, 2.24) is 19.1 Å². The van der Waals surface area contributed by atoms with Crippen LogP contribution >= 0.6 is 0 Å². The van der Waals surface area contributed by atoms with Crippen molar-refractivity contribution < 1.29 is 21.8 Å². The lowest BCUT2D eigenvalue weighted by atomic mass is 10.2. The van der Waals surface area contributed by atoms with Gasteiger partial charge in [0.15, 0.2) is 0 Å². The number of anilines is 3. The number of nitrogens with zero attached hydrogens (tertiary/aromatic N) is 4. The molecule has 3 N–H and O–H groups in total. The molecule has 36 heavy (non-hydrogen) atoms. The molecule has 0 spiro atoms. The minimum Gasteiger partial charge on any atom is -0.334 e. The van der Waals surface area contributed by atoms with E-state index in [2.05, 4.69) is 25.5 Å². The molecule has 2 aromatic carbocycles. The van der Waals surface area contributed by atoms with E-state index in [0.29, 0.717) is 18.8 Å². The summed E-state index contributed by atoms with van der Waals surface area (Å²) in [5.41, 5.74) is 2.84. The minimum atomic E-state index is -4.05. The molecule has 0 fully saturated rings. The second-order valence-corrected chi connectivity index (χ2v) is 11.1. The quantitative estimate of drug-likeness (QED) is 0.244. The van der Waals surface area contributed by atoms with Crippen molar-refractivity contribution >= 4 is 43.1 Å². The molecule has 0 radical (unpaired) electrons. The third-order valence-corrected chi connectivity index (χ3v) is 8.43. The number of aryl methyl sites for hydroxylation is 1. The number of hydrogen-bond donors (Lipinski definition) is 3. The van der Waals surface area contributed by atoms with E-state index in [4.69, 9.17) is 0 Å². The number of benzene rings is 2. The monoisotopic (exact) mass is 535 g/mol. The third kappa shape index (κ3) is 5.93. The zero-order valence-electron chi connectivity index (χ0n) is 19.7. The second kappa shape index (κ2) is 10.9. The molecule has 0 bridgehead atoms. The van der Waals surface area contributed by atoms with Crippen molar-refractivity contribution in [2.75, 3.05) is 23.8 Å². The van der Waals surface area contributed by atoms with Gasteiger partial charge in [0.25, 0.3) is 10.0 Å². The van der Waals surface area contributed by atoms with Crippen LogP contribution in [0, 0.1) is 17.0 Å². The molecule has 0 aliphatic carbocycles. The Labute approximate surface area is 208 Å². The Balaban J connectivity index is 1.84. The standard InChI is InChI=1S/C21H25N7O6S2/c1-4-27(5-2)36(33,34)18-12-8-16(9-13-18)24-20-19(28(29)30)21(23-14-22-20)25-26-35(31,32)17-10-6-15(3)7-11-17/h6-14,26H,4-5H2,1-3H3,(H2,22,23,24,25).